The van der Waals surface area contributed by atoms with Crippen LogP contribution in [-0.4, -0.2) is 36.1 Å². The fourth-order valence-corrected chi connectivity index (χ4v) is 2.39. The molecular formula is C16H26N2O. The highest BCUT2D eigenvalue weighted by Crippen LogP contribution is 2.29. The van der Waals surface area contributed by atoms with Crippen molar-refractivity contribution >= 4 is 0 Å². The number of rotatable bonds is 5. The highest BCUT2D eigenvalue weighted by atomic mass is 16.5. The Morgan fingerprint density at radius 2 is 2.00 bits per heavy atom. The molecular weight excluding hydrogens is 236 g/mol. The number of pyridine rings is 1. The van der Waals surface area contributed by atoms with E-state index in [1.165, 1.54) is 31.5 Å². The Bertz CT molecular complexity index is 376. The van der Waals surface area contributed by atoms with Gasteiger partial charge in [-0.25, -0.2) is 4.98 Å². The van der Waals surface area contributed by atoms with Crippen LogP contribution in [0.5, 0.6) is 5.88 Å². The Morgan fingerprint density at radius 3 is 2.63 bits per heavy atom. The lowest BCUT2D eigenvalue weighted by molar-refractivity contribution is 0.125. The summed E-state index contributed by atoms with van der Waals surface area (Å²) in [6.07, 6.45) is 5.55. The van der Waals surface area contributed by atoms with Crippen molar-refractivity contribution in [2.24, 2.45) is 5.41 Å². The number of aryl methyl sites for hydroxylation is 1. The molecule has 0 amide bonds. The molecule has 0 atom stereocenters. The molecule has 0 N–H and O–H groups in total. The minimum atomic E-state index is 0.540. The van der Waals surface area contributed by atoms with E-state index in [4.69, 9.17) is 4.74 Å². The SMILES string of the molecule is Cc1ccc(OCCCN2CCC(C)(C)CC2)nc1. The monoisotopic (exact) mass is 262 g/mol. The second kappa shape index (κ2) is 6.38. The predicted octanol–water partition coefficient (Wildman–Crippen LogP) is 3.28. The van der Waals surface area contributed by atoms with Crippen molar-refractivity contribution < 1.29 is 4.74 Å². The average molecular weight is 262 g/mol. The molecule has 1 aromatic rings. The number of aromatic nitrogens is 1. The van der Waals surface area contributed by atoms with Crippen LogP contribution in [0.4, 0.5) is 0 Å². The molecule has 0 radical (unpaired) electrons. The maximum Gasteiger partial charge on any atom is 0.213 e. The summed E-state index contributed by atoms with van der Waals surface area (Å²) in [7, 11) is 0. The smallest absolute Gasteiger partial charge is 0.213 e. The highest BCUT2D eigenvalue weighted by Gasteiger charge is 2.24. The highest BCUT2D eigenvalue weighted by molar-refractivity contribution is 5.16. The van der Waals surface area contributed by atoms with E-state index in [9.17, 15) is 0 Å². The largest absolute Gasteiger partial charge is 0.478 e. The standard InChI is InChI=1S/C16H26N2O/c1-14-5-6-15(17-13-14)19-12-4-9-18-10-7-16(2,3)8-11-18/h5-6,13H,4,7-12H2,1-3H3. The van der Waals surface area contributed by atoms with Gasteiger partial charge in [-0.2, -0.15) is 0 Å². The van der Waals surface area contributed by atoms with Gasteiger partial charge in [0.05, 0.1) is 6.61 Å². The van der Waals surface area contributed by atoms with E-state index < -0.39 is 0 Å². The first-order valence-electron chi connectivity index (χ1n) is 7.33. The van der Waals surface area contributed by atoms with E-state index in [1.807, 2.05) is 25.3 Å². The lowest BCUT2D eigenvalue weighted by Crippen LogP contribution is -2.38. The van der Waals surface area contributed by atoms with Gasteiger partial charge < -0.3 is 9.64 Å². The molecule has 1 saturated heterocycles. The Hall–Kier alpha value is -1.09. The molecule has 0 aromatic carbocycles. The number of nitrogens with zero attached hydrogens (tertiary/aromatic N) is 2. The third kappa shape index (κ3) is 4.83. The Labute approximate surface area is 117 Å². The van der Waals surface area contributed by atoms with Gasteiger partial charge in [0.2, 0.25) is 5.88 Å². The molecule has 2 heterocycles. The van der Waals surface area contributed by atoms with Crippen LogP contribution < -0.4 is 4.74 Å². The third-order valence-electron chi connectivity index (χ3n) is 3.96. The number of piperidine rings is 1. The Morgan fingerprint density at radius 1 is 1.26 bits per heavy atom. The van der Waals surface area contributed by atoms with Crippen molar-refractivity contribution in [3.05, 3.63) is 23.9 Å². The lowest BCUT2D eigenvalue weighted by atomic mass is 9.83. The van der Waals surface area contributed by atoms with E-state index >= 15 is 0 Å². The second-order valence-corrected chi connectivity index (χ2v) is 6.38. The van der Waals surface area contributed by atoms with E-state index in [0.717, 1.165) is 25.5 Å². The van der Waals surface area contributed by atoms with Gasteiger partial charge in [0.1, 0.15) is 0 Å². The summed E-state index contributed by atoms with van der Waals surface area (Å²) in [4.78, 5) is 6.80. The van der Waals surface area contributed by atoms with Crippen molar-refractivity contribution in [2.45, 2.75) is 40.0 Å². The minimum absolute atomic E-state index is 0.540. The first-order valence-corrected chi connectivity index (χ1v) is 7.33. The molecule has 0 spiro atoms. The van der Waals surface area contributed by atoms with Crippen LogP contribution in [0.2, 0.25) is 0 Å². The van der Waals surface area contributed by atoms with Crippen molar-refractivity contribution in [1.29, 1.82) is 0 Å². The number of hydrogen-bond donors (Lipinski definition) is 0. The molecule has 106 valence electrons. The minimum Gasteiger partial charge on any atom is -0.478 e. The summed E-state index contributed by atoms with van der Waals surface area (Å²) in [6.45, 7) is 11.1. The zero-order chi connectivity index (χ0) is 13.7. The van der Waals surface area contributed by atoms with Gasteiger partial charge >= 0.3 is 0 Å². The van der Waals surface area contributed by atoms with E-state index in [-0.39, 0.29) is 0 Å². The lowest BCUT2D eigenvalue weighted by Gasteiger charge is -2.36. The molecule has 1 aliphatic rings. The molecule has 0 unspecified atom stereocenters. The second-order valence-electron chi connectivity index (χ2n) is 6.38. The van der Waals surface area contributed by atoms with Crippen LogP contribution in [0.25, 0.3) is 0 Å². The van der Waals surface area contributed by atoms with Crippen molar-refractivity contribution in [3.63, 3.8) is 0 Å². The normalized spacial score (nSPS) is 19.3. The Balaban J connectivity index is 1.61. The van der Waals surface area contributed by atoms with Gasteiger partial charge in [0.15, 0.2) is 0 Å². The molecule has 2 rings (SSSR count). The van der Waals surface area contributed by atoms with Crippen LogP contribution in [0.3, 0.4) is 0 Å². The average Bonchev–Trinajstić information content (AvgIpc) is 2.38. The molecule has 3 nitrogen and oxygen atoms in total. The van der Waals surface area contributed by atoms with Gasteiger partial charge in [0, 0.05) is 18.8 Å². The van der Waals surface area contributed by atoms with Crippen molar-refractivity contribution in [2.75, 3.05) is 26.2 Å². The summed E-state index contributed by atoms with van der Waals surface area (Å²) in [5.41, 5.74) is 1.71. The van der Waals surface area contributed by atoms with Crippen LogP contribution in [0.15, 0.2) is 18.3 Å². The van der Waals surface area contributed by atoms with E-state index in [2.05, 4.69) is 23.7 Å². The van der Waals surface area contributed by atoms with Gasteiger partial charge in [0.25, 0.3) is 0 Å². The summed E-state index contributed by atoms with van der Waals surface area (Å²) < 4.78 is 5.66. The first kappa shape index (κ1) is 14.3. The predicted molar refractivity (Wildman–Crippen MR) is 78.5 cm³/mol. The van der Waals surface area contributed by atoms with Crippen LogP contribution in [0.1, 0.15) is 38.7 Å². The van der Waals surface area contributed by atoms with Gasteiger partial charge in [-0.15, -0.1) is 0 Å². The quantitative estimate of drug-likeness (QED) is 0.761. The number of likely N-dealkylation sites (tertiary alicyclic amines) is 1. The number of hydrogen-bond acceptors (Lipinski definition) is 3. The zero-order valence-corrected chi connectivity index (χ0v) is 12.5. The summed E-state index contributed by atoms with van der Waals surface area (Å²) in [6, 6.07) is 3.98. The zero-order valence-electron chi connectivity index (χ0n) is 12.5. The Kier molecular flexibility index (Phi) is 4.81. The third-order valence-corrected chi connectivity index (χ3v) is 3.96. The fourth-order valence-electron chi connectivity index (χ4n) is 2.39. The summed E-state index contributed by atoms with van der Waals surface area (Å²) in [5, 5.41) is 0. The van der Waals surface area contributed by atoms with Crippen molar-refractivity contribution in [1.82, 2.24) is 9.88 Å². The molecule has 1 fully saturated rings. The van der Waals surface area contributed by atoms with E-state index in [0.29, 0.717) is 5.41 Å². The van der Waals surface area contributed by atoms with E-state index in [1.54, 1.807) is 0 Å². The van der Waals surface area contributed by atoms with Gasteiger partial charge in [-0.05, 0) is 50.3 Å². The van der Waals surface area contributed by atoms with Crippen LogP contribution >= 0.6 is 0 Å². The molecule has 0 aliphatic carbocycles. The summed E-state index contributed by atoms with van der Waals surface area (Å²) in [5.74, 6) is 0.741. The van der Waals surface area contributed by atoms with Crippen molar-refractivity contribution in [3.8, 4) is 5.88 Å². The maximum absolute atomic E-state index is 5.66. The van der Waals surface area contributed by atoms with Gasteiger partial charge in [-0.1, -0.05) is 19.9 Å². The molecule has 1 aromatic heterocycles. The first-order chi connectivity index (χ1) is 9.05. The molecule has 1 aliphatic heterocycles. The molecule has 19 heavy (non-hydrogen) atoms. The molecule has 0 bridgehead atoms. The fraction of sp³-hybridized carbons (Fsp3) is 0.688. The maximum atomic E-state index is 5.66. The van der Waals surface area contributed by atoms with Gasteiger partial charge in [-0.3, -0.25) is 0 Å². The van der Waals surface area contributed by atoms with Crippen LogP contribution in [0, 0.1) is 12.3 Å². The van der Waals surface area contributed by atoms with Crippen LogP contribution in [-0.2, 0) is 0 Å². The molecule has 0 saturated carbocycles. The number of ether oxygens (including phenoxy) is 1. The topological polar surface area (TPSA) is 25.4 Å². The molecule has 3 heteroatoms. The summed E-state index contributed by atoms with van der Waals surface area (Å²) >= 11 is 0.